The number of halogens is 2. The molecule has 1 N–H and O–H groups in total. The summed E-state index contributed by atoms with van der Waals surface area (Å²) >= 11 is 6.23. The Labute approximate surface area is 130 Å². The third-order valence-electron chi connectivity index (χ3n) is 4.34. The van der Waals surface area contributed by atoms with Crippen LogP contribution in [0.3, 0.4) is 0 Å². The lowest BCUT2D eigenvalue weighted by atomic mass is 9.75. The molecule has 0 spiro atoms. The lowest BCUT2D eigenvalue weighted by Gasteiger charge is -2.38. The largest absolute Gasteiger partial charge is 0.307 e. The van der Waals surface area contributed by atoms with Crippen molar-refractivity contribution in [2.75, 3.05) is 0 Å². The summed E-state index contributed by atoms with van der Waals surface area (Å²) in [6.07, 6.45) is 2.20. The molecule has 0 bridgehead atoms. The van der Waals surface area contributed by atoms with Gasteiger partial charge in [0.05, 0.1) is 0 Å². The average molecular weight is 304 g/mol. The zero-order chi connectivity index (χ0) is 14.8. The summed E-state index contributed by atoms with van der Waals surface area (Å²) < 4.78 is 12.9. The highest BCUT2D eigenvalue weighted by atomic mass is 35.5. The van der Waals surface area contributed by atoms with Gasteiger partial charge in [-0.2, -0.15) is 0 Å². The minimum absolute atomic E-state index is 0.167. The topological polar surface area (TPSA) is 12.0 Å². The van der Waals surface area contributed by atoms with Crippen LogP contribution in [-0.2, 0) is 0 Å². The second kappa shape index (κ2) is 6.17. The second-order valence-corrected chi connectivity index (χ2v) is 6.23. The van der Waals surface area contributed by atoms with Gasteiger partial charge in [-0.05, 0) is 55.0 Å². The fourth-order valence-corrected chi connectivity index (χ4v) is 3.33. The van der Waals surface area contributed by atoms with E-state index in [1.165, 1.54) is 5.56 Å². The third kappa shape index (κ3) is 3.28. The van der Waals surface area contributed by atoms with E-state index in [2.05, 4.69) is 18.3 Å². The number of hydrogen-bond donors (Lipinski definition) is 1. The molecule has 1 fully saturated rings. The zero-order valence-corrected chi connectivity index (χ0v) is 12.8. The molecule has 0 aromatic heterocycles. The van der Waals surface area contributed by atoms with Gasteiger partial charge >= 0.3 is 0 Å². The number of benzene rings is 2. The highest BCUT2D eigenvalue weighted by Gasteiger charge is 2.31. The molecule has 1 saturated carbocycles. The first-order valence-electron chi connectivity index (χ1n) is 7.39. The summed E-state index contributed by atoms with van der Waals surface area (Å²) in [7, 11) is 0. The lowest BCUT2D eigenvalue weighted by molar-refractivity contribution is 0.271. The summed E-state index contributed by atoms with van der Waals surface area (Å²) in [4.78, 5) is 0. The molecule has 1 atom stereocenters. The molecule has 110 valence electrons. The van der Waals surface area contributed by atoms with E-state index in [-0.39, 0.29) is 11.9 Å². The SMILES string of the molecule is C[C@H](NC1CC(c2ccc(F)cc2)C1)c1ccccc1Cl. The van der Waals surface area contributed by atoms with Crippen molar-refractivity contribution < 1.29 is 4.39 Å². The Hall–Kier alpha value is -1.38. The van der Waals surface area contributed by atoms with E-state index < -0.39 is 0 Å². The predicted molar refractivity (Wildman–Crippen MR) is 85.2 cm³/mol. The molecule has 1 nitrogen and oxygen atoms in total. The average Bonchev–Trinajstić information content (AvgIpc) is 2.44. The lowest BCUT2D eigenvalue weighted by Crippen LogP contribution is -2.41. The van der Waals surface area contributed by atoms with Gasteiger partial charge < -0.3 is 5.32 Å². The van der Waals surface area contributed by atoms with Gasteiger partial charge in [-0.25, -0.2) is 4.39 Å². The van der Waals surface area contributed by atoms with Crippen molar-refractivity contribution >= 4 is 11.6 Å². The highest BCUT2D eigenvalue weighted by molar-refractivity contribution is 6.31. The highest BCUT2D eigenvalue weighted by Crippen LogP contribution is 2.38. The second-order valence-electron chi connectivity index (χ2n) is 5.83. The molecule has 0 aliphatic heterocycles. The first-order chi connectivity index (χ1) is 10.1. The van der Waals surface area contributed by atoms with E-state index in [9.17, 15) is 4.39 Å². The summed E-state index contributed by atoms with van der Waals surface area (Å²) in [6, 6.07) is 15.6. The summed E-state index contributed by atoms with van der Waals surface area (Å²) in [5.41, 5.74) is 2.38. The molecule has 2 aromatic carbocycles. The molecule has 0 unspecified atom stereocenters. The van der Waals surface area contributed by atoms with E-state index in [4.69, 9.17) is 11.6 Å². The smallest absolute Gasteiger partial charge is 0.123 e. The van der Waals surface area contributed by atoms with Crippen molar-refractivity contribution in [3.05, 3.63) is 70.5 Å². The maximum absolute atomic E-state index is 12.9. The van der Waals surface area contributed by atoms with Gasteiger partial charge in [-0.15, -0.1) is 0 Å². The number of rotatable bonds is 4. The molecule has 3 rings (SSSR count). The molecule has 21 heavy (non-hydrogen) atoms. The fraction of sp³-hybridized carbons (Fsp3) is 0.333. The molecule has 1 aliphatic rings. The van der Waals surface area contributed by atoms with Crippen molar-refractivity contribution in [2.24, 2.45) is 0 Å². The van der Waals surface area contributed by atoms with Gasteiger partial charge in [0.1, 0.15) is 5.82 Å². The van der Waals surface area contributed by atoms with Crippen molar-refractivity contribution in [3.8, 4) is 0 Å². The molecule has 0 amide bonds. The Morgan fingerprint density at radius 3 is 2.43 bits per heavy atom. The molecule has 2 aromatic rings. The standard InChI is InChI=1S/C18H19ClFN/c1-12(17-4-2-3-5-18(17)19)21-16-10-14(11-16)13-6-8-15(20)9-7-13/h2-9,12,14,16,21H,10-11H2,1H3/t12-,14?,16?/m0/s1. The van der Waals surface area contributed by atoms with Crippen LogP contribution in [0.4, 0.5) is 4.39 Å². The summed E-state index contributed by atoms with van der Waals surface area (Å²) in [5, 5.41) is 4.44. The normalized spacial score (nSPS) is 22.6. The molecular weight excluding hydrogens is 285 g/mol. The van der Waals surface area contributed by atoms with E-state index in [0.29, 0.717) is 12.0 Å². The fourth-order valence-electron chi connectivity index (χ4n) is 3.03. The summed E-state index contributed by atoms with van der Waals surface area (Å²) in [6.45, 7) is 2.15. The van der Waals surface area contributed by atoms with Crippen molar-refractivity contribution in [1.82, 2.24) is 5.32 Å². The van der Waals surface area contributed by atoms with Crippen LogP contribution in [0.15, 0.2) is 48.5 Å². The van der Waals surface area contributed by atoms with Crippen molar-refractivity contribution in [2.45, 2.75) is 37.8 Å². The van der Waals surface area contributed by atoms with Crippen LogP contribution in [0, 0.1) is 5.82 Å². The van der Waals surface area contributed by atoms with Gasteiger partial charge in [0.15, 0.2) is 0 Å². The van der Waals surface area contributed by atoms with E-state index in [1.54, 1.807) is 12.1 Å². The quantitative estimate of drug-likeness (QED) is 0.831. The molecule has 3 heteroatoms. The molecule has 0 heterocycles. The Balaban J connectivity index is 1.55. The minimum Gasteiger partial charge on any atom is -0.307 e. The minimum atomic E-state index is -0.167. The van der Waals surface area contributed by atoms with Crippen molar-refractivity contribution in [1.29, 1.82) is 0 Å². The third-order valence-corrected chi connectivity index (χ3v) is 4.68. The van der Waals surface area contributed by atoms with E-state index >= 15 is 0 Å². The van der Waals surface area contributed by atoms with Gasteiger partial charge in [0, 0.05) is 17.1 Å². The maximum Gasteiger partial charge on any atom is 0.123 e. The van der Waals surface area contributed by atoms with Crippen LogP contribution < -0.4 is 5.32 Å². The van der Waals surface area contributed by atoms with Crippen molar-refractivity contribution in [3.63, 3.8) is 0 Å². The first-order valence-corrected chi connectivity index (χ1v) is 7.77. The Morgan fingerprint density at radius 2 is 1.76 bits per heavy atom. The predicted octanol–water partition coefficient (Wildman–Crippen LogP) is 5.08. The molecule has 0 saturated heterocycles. The van der Waals surface area contributed by atoms with Crippen LogP contribution in [0.1, 0.15) is 42.9 Å². The first kappa shape index (κ1) is 14.6. The van der Waals surface area contributed by atoms with Gasteiger partial charge in [-0.1, -0.05) is 41.9 Å². The van der Waals surface area contributed by atoms with Crippen LogP contribution in [-0.4, -0.2) is 6.04 Å². The molecular formula is C18H19ClFN. The Bertz CT molecular complexity index is 605. The maximum atomic E-state index is 12.9. The van der Waals surface area contributed by atoms with Crippen LogP contribution >= 0.6 is 11.6 Å². The Morgan fingerprint density at radius 1 is 1.10 bits per heavy atom. The van der Waals surface area contributed by atoms with E-state index in [1.807, 2.05) is 30.3 Å². The van der Waals surface area contributed by atoms with Gasteiger partial charge in [0.2, 0.25) is 0 Å². The number of hydrogen-bond acceptors (Lipinski definition) is 1. The molecule has 1 aliphatic carbocycles. The van der Waals surface area contributed by atoms with Gasteiger partial charge in [-0.3, -0.25) is 0 Å². The van der Waals surface area contributed by atoms with Crippen LogP contribution in [0.5, 0.6) is 0 Å². The van der Waals surface area contributed by atoms with E-state index in [0.717, 1.165) is 23.4 Å². The zero-order valence-electron chi connectivity index (χ0n) is 12.0. The summed E-state index contributed by atoms with van der Waals surface area (Å²) in [5.74, 6) is 0.377. The number of nitrogens with one attached hydrogen (secondary N) is 1. The Kier molecular flexibility index (Phi) is 4.27. The monoisotopic (exact) mass is 303 g/mol. The molecule has 0 radical (unpaired) electrons. The van der Waals surface area contributed by atoms with Gasteiger partial charge in [0.25, 0.3) is 0 Å². The van der Waals surface area contributed by atoms with Crippen LogP contribution in [0.25, 0.3) is 0 Å². The van der Waals surface area contributed by atoms with Crippen LogP contribution in [0.2, 0.25) is 5.02 Å².